The third kappa shape index (κ3) is 4.17. The highest BCUT2D eigenvalue weighted by atomic mass is 35.5. The number of methoxy groups -OCH3 is 1. The van der Waals surface area contributed by atoms with E-state index in [1.165, 1.54) is 12.8 Å². The van der Waals surface area contributed by atoms with E-state index < -0.39 is 0 Å². The first kappa shape index (κ1) is 16.2. The van der Waals surface area contributed by atoms with E-state index in [1.807, 2.05) is 17.9 Å². The average Bonchev–Trinajstić information content (AvgIpc) is 3.31. The molecule has 1 aliphatic carbocycles. The van der Waals surface area contributed by atoms with E-state index in [-0.39, 0.29) is 11.9 Å². The monoisotopic (exact) mass is 310 g/mol. The first-order valence-electron chi connectivity index (χ1n) is 7.53. The molecule has 0 bridgehead atoms. The highest BCUT2D eigenvalue weighted by Gasteiger charge is 2.34. The summed E-state index contributed by atoms with van der Waals surface area (Å²) in [4.78, 5) is 19.0. The Bertz CT molecular complexity index is 503. The van der Waals surface area contributed by atoms with Crippen LogP contribution in [0.15, 0.2) is 12.1 Å². The number of hydrogen-bond acceptors (Lipinski definition) is 3. The second-order valence-corrected chi connectivity index (χ2v) is 5.98. The summed E-state index contributed by atoms with van der Waals surface area (Å²) in [5, 5.41) is 0.378. The molecule has 0 saturated heterocycles. The van der Waals surface area contributed by atoms with Crippen molar-refractivity contribution >= 4 is 17.5 Å². The molecule has 21 heavy (non-hydrogen) atoms. The summed E-state index contributed by atoms with van der Waals surface area (Å²) in [6.45, 7) is 5.27. The number of pyridine rings is 1. The lowest BCUT2D eigenvalue weighted by molar-refractivity contribution is 0.0594. The quantitative estimate of drug-likeness (QED) is 0.726. The first-order valence-corrected chi connectivity index (χ1v) is 7.91. The van der Waals surface area contributed by atoms with Crippen molar-refractivity contribution in [2.75, 3.05) is 20.3 Å². The van der Waals surface area contributed by atoms with Crippen LogP contribution >= 0.6 is 11.6 Å². The molecule has 1 saturated carbocycles. The van der Waals surface area contributed by atoms with Gasteiger partial charge in [-0.2, -0.15) is 0 Å². The van der Waals surface area contributed by atoms with Crippen molar-refractivity contribution in [3.8, 4) is 0 Å². The minimum absolute atomic E-state index is 0.0189. The van der Waals surface area contributed by atoms with Crippen LogP contribution in [0, 0.1) is 5.92 Å². The lowest BCUT2D eigenvalue weighted by atomic mass is 10.1. The minimum atomic E-state index is 0.0189. The van der Waals surface area contributed by atoms with Crippen molar-refractivity contribution < 1.29 is 9.53 Å². The van der Waals surface area contributed by atoms with Gasteiger partial charge in [0.2, 0.25) is 0 Å². The Hall–Kier alpha value is -1.13. The van der Waals surface area contributed by atoms with Crippen molar-refractivity contribution in [3.63, 3.8) is 0 Å². The molecule has 4 nitrogen and oxygen atoms in total. The van der Waals surface area contributed by atoms with Gasteiger partial charge in [0, 0.05) is 31.0 Å². The summed E-state index contributed by atoms with van der Waals surface area (Å²) in [5.41, 5.74) is 1.46. The molecule has 1 fully saturated rings. The van der Waals surface area contributed by atoms with Gasteiger partial charge in [0.05, 0.1) is 6.61 Å². The fourth-order valence-electron chi connectivity index (χ4n) is 2.53. The largest absolute Gasteiger partial charge is 0.383 e. The van der Waals surface area contributed by atoms with Gasteiger partial charge in [0.15, 0.2) is 0 Å². The summed E-state index contributed by atoms with van der Waals surface area (Å²) < 4.78 is 5.14. The molecule has 1 atom stereocenters. The summed E-state index contributed by atoms with van der Waals surface area (Å²) in [6, 6.07) is 3.74. The molecule has 2 rings (SSSR count). The van der Waals surface area contributed by atoms with E-state index in [0.717, 1.165) is 12.1 Å². The number of nitrogens with zero attached hydrogens (tertiary/aromatic N) is 2. The fourth-order valence-corrected chi connectivity index (χ4v) is 2.76. The van der Waals surface area contributed by atoms with E-state index in [9.17, 15) is 4.79 Å². The summed E-state index contributed by atoms with van der Waals surface area (Å²) in [7, 11) is 1.66. The van der Waals surface area contributed by atoms with Gasteiger partial charge in [-0.1, -0.05) is 18.5 Å². The van der Waals surface area contributed by atoms with Gasteiger partial charge in [-0.3, -0.25) is 4.79 Å². The molecule has 116 valence electrons. The van der Waals surface area contributed by atoms with Crippen LogP contribution in [-0.2, 0) is 11.2 Å². The van der Waals surface area contributed by atoms with Crippen molar-refractivity contribution in [3.05, 3.63) is 28.5 Å². The van der Waals surface area contributed by atoms with Crippen molar-refractivity contribution in [2.24, 2.45) is 5.92 Å². The van der Waals surface area contributed by atoms with Crippen molar-refractivity contribution in [1.82, 2.24) is 9.88 Å². The SMILES string of the molecule is CCc1cc(C(=O)N(CCOC)C(C)C2CC2)cc(Cl)n1. The van der Waals surface area contributed by atoms with Crippen LogP contribution in [0.1, 0.15) is 42.7 Å². The number of ether oxygens (including phenoxy) is 1. The van der Waals surface area contributed by atoms with Gasteiger partial charge in [-0.25, -0.2) is 4.98 Å². The number of rotatable bonds is 7. The number of aromatic nitrogens is 1. The molecule has 1 heterocycles. The van der Waals surface area contributed by atoms with Gasteiger partial charge in [0.1, 0.15) is 5.15 Å². The zero-order valence-corrected chi connectivity index (χ0v) is 13.7. The molecule has 0 spiro atoms. The minimum Gasteiger partial charge on any atom is -0.383 e. The van der Waals surface area contributed by atoms with Crippen LogP contribution in [0.3, 0.4) is 0 Å². The van der Waals surface area contributed by atoms with Crippen LogP contribution in [0.5, 0.6) is 0 Å². The first-order chi connectivity index (χ1) is 10.1. The third-order valence-corrected chi connectivity index (χ3v) is 4.24. The molecule has 0 aromatic carbocycles. The lowest BCUT2D eigenvalue weighted by Crippen LogP contribution is -2.42. The van der Waals surface area contributed by atoms with Crippen LogP contribution in [0.25, 0.3) is 0 Å². The van der Waals surface area contributed by atoms with Gasteiger partial charge in [-0.15, -0.1) is 0 Å². The molecular formula is C16H23ClN2O2. The predicted octanol–water partition coefficient (Wildman–Crippen LogP) is 3.18. The number of carbonyl (C=O) groups is 1. The number of aryl methyl sites for hydroxylation is 1. The molecule has 1 unspecified atom stereocenters. The van der Waals surface area contributed by atoms with Gasteiger partial charge in [-0.05, 0) is 44.2 Å². The van der Waals surface area contributed by atoms with Crippen LogP contribution in [0.2, 0.25) is 5.15 Å². The Morgan fingerprint density at radius 3 is 2.81 bits per heavy atom. The number of amides is 1. The maximum atomic E-state index is 12.8. The van der Waals surface area contributed by atoms with Crippen molar-refractivity contribution in [1.29, 1.82) is 0 Å². The van der Waals surface area contributed by atoms with Crippen LogP contribution in [0.4, 0.5) is 0 Å². The second kappa shape index (κ2) is 7.23. The van der Waals surface area contributed by atoms with E-state index in [0.29, 0.717) is 29.8 Å². The van der Waals surface area contributed by atoms with Gasteiger partial charge >= 0.3 is 0 Å². The summed E-state index contributed by atoms with van der Waals surface area (Å²) in [6.07, 6.45) is 3.17. The summed E-state index contributed by atoms with van der Waals surface area (Å²) >= 11 is 6.03. The Morgan fingerprint density at radius 1 is 1.52 bits per heavy atom. The van der Waals surface area contributed by atoms with E-state index in [4.69, 9.17) is 16.3 Å². The second-order valence-electron chi connectivity index (χ2n) is 5.59. The molecule has 0 aliphatic heterocycles. The van der Waals surface area contributed by atoms with E-state index >= 15 is 0 Å². The van der Waals surface area contributed by atoms with E-state index in [2.05, 4.69) is 11.9 Å². The Morgan fingerprint density at radius 2 is 2.24 bits per heavy atom. The average molecular weight is 311 g/mol. The predicted molar refractivity (Wildman–Crippen MR) is 83.7 cm³/mol. The Kier molecular flexibility index (Phi) is 5.59. The molecule has 0 N–H and O–H groups in total. The zero-order valence-electron chi connectivity index (χ0n) is 12.9. The lowest BCUT2D eigenvalue weighted by Gasteiger charge is -2.29. The van der Waals surface area contributed by atoms with Gasteiger partial charge < -0.3 is 9.64 Å². The Labute approximate surface area is 131 Å². The third-order valence-electron chi connectivity index (χ3n) is 4.05. The smallest absolute Gasteiger partial charge is 0.254 e. The highest BCUT2D eigenvalue weighted by Crippen LogP contribution is 2.35. The van der Waals surface area contributed by atoms with Crippen LogP contribution < -0.4 is 0 Å². The molecule has 0 radical (unpaired) electrons. The summed E-state index contributed by atoms with van der Waals surface area (Å²) in [5.74, 6) is 0.638. The maximum Gasteiger partial charge on any atom is 0.254 e. The molecule has 1 amide bonds. The van der Waals surface area contributed by atoms with E-state index in [1.54, 1.807) is 13.2 Å². The van der Waals surface area contributed by atoms with Crippen molar-refractivity contribution in [2.45, 2.75) is 39.2 Å². The fraction of sp³-hybridized carbons (Fsp3) is 0.625. The number of halogens is 1. The zero-order chi connectivity index (χ0) is 15.4. The number of hydrogen-bond donors (Lipinski definition) is 0. The molecule has 5 heteroatoms. The van der Waals surface area contributed by atoms with Gasteiger partial charge in [0.25, 0.3) is 5.91 Å². The Balaban J connectivity index is 2.21. The number of carbonyl (C=O) groups excluding carboxylic acids is 1. The van der Waals surface area contributed by atoms with Crippen LogP contribution in [-0.4, -0.2) is 42.1 Å². The molecule has 1 aliphatic rings. The molecule has 1 aromatic heterocycles. The highest BCUT2D eigenvalue weighted by molar-refractivity contribution is 6.29. The topological polar surface area (TPSA) is 42.4 Å². The molecular weight excluding hydrogens is 288 g/mol. The standard InChI is InChI=1S/C16H23ClN2O2/c1-4-14-9-13(10-15(17)18-14)16(20)19(7-8-21-3)11(2)12-5-6-12/h9-12H,4-8H2,1-3H3. The molecule has 1 aromatic rings. The maximum absolute atomic E-state index is 12.8. The normalized spacial score (nSPS) is 15.8.